The standard InChI is InChI=1S/C23H35N3O4/c1-14(2)15(3)12-18(16-8-6-7-9-17(16)22(24)28)23(29)25-21-19(27)13-30-20(21)10-11-26(4)5/h6-9,14-15,18,20-21H,10-13H2,1-5H3,(H2,24,28)(H,25,29)/t15?,18-,20?,21?/m0/s1. The molecule has 0 spiro atoms. The van der Waals surface area contributed by atoms with Crippen molar-refractivity contribution in [2.45, 2.75) is 51.7 Å². The van der Waals surface area contributed by atoms with E-state index >= 15 is 0 Å². The van der Waals surface area contributed by atoms with Gasteiger partial charge < -0.3 is 20.7 Å². The van der Waals surface area contributed by atoms with Crippen molar-refractivity contribution in [3.63, 3.8) is 0 Å². The molecule has 0 aromatic heterocycles. The van der Waals surface area contributed by atoms with Gasteiger partial charge in [-0.15, -0.1) is 0 Å². The molecule has 3 unspecified atom stereocenters. The van der Waals surface area contributed by atoms with Gasteiger partial charge in [0.05, 0.1) is 12.0 Å². The lowest BCUT2D eigenvalue weighted by molar-refractivity contribution is -0.127. The Hall–Kier alpha value is -2.25. The summed E-state index contributed by atoms with van der Waals surface area (Å²) < 4.78 is 5.63. The number of hydrogen-bond donors (Lipinski definition) is 2. The summed E-state index contributed by atoms with van der Waals surface area (Å²) in [6.07, 6.45) is 0.852. The molecule has 1 aromatic rings. The van der Waals surface area contributed by atoms with Crippen LogP contribution in [0.25, 0.3) is 0 Å². The van der Waals surface area contributed by atoms with Crippen molar-refractivity contribution in [2.24, 2.45) is 17.6 Å². The molecule has 166 valence electrons. The Labute approximate surface area is 179 Å². The number of carbonyl (C=O) groups is 3. The SMILES string of the molecule is CC(C)C(C)C[C@H](C(=O)NC1C(=O)COC1CCN(C)C)c1ccccc1C(N)=O. The highest BCUT2D eigenvalue weighted by atomic mass is 16.5. The topological polar surface area (TPSA) is 102 Å². The smallest absolute Gasteiger partial charge is 0.249 e. The average molecular weight is 418 g/mol. The maximum atomic E-state index is 13.4. The van der Waals surface area contributed by atoms with Crippen molar-refractivity contribution in [3.05, 3.63) is 35.4 Å². The van der Waals surface area contributed by atoms with E-state index in [1.165, 1.54) is 0 Å². The molecule has 2 amide bonds. The summed E-state index contributed by atoms with van der Waals surface area (Å²) >= 11 is 0. The van der Waals surface area contributed by atoms with E-state index in [4.69, 9.17) is 10.5 Å². The van der Waals surface area contributed by atoms with Crippen LogP contribution in [0.2, 0.25) is 0 Å². The molecule has 7 nitrogen and oxygen atoms in total. The lowest BCUT2D eigenvalue weighted by atomic mass is 9.82. The van der Waals surface area contributed by atoms with Crippen molar-refractivity contribution >= 4 is 17.6 Å². The molecule has 3 N–H and O–H groups in total. The van der Waals surface area contributed by atoms with Gasteiger partial charge in [0.15, 0.2) is 5.78 Å². The molecule has 0 saturated carbocycles. The van der Waals surface area contributed by atoms with E-state index < -0.39 is 17.9 Å². The normalized spacial score (nSPS) is 21.1. The molecule has 1 aliphatic heterocycles. The summed E-state index contributed by atoms with van der Waals surface area (Å²) in [6.45, 7) is 7.05. The van der Waals surface area contributed by atoms with Crippen LogP contribution in [0.15, 0.2) is 24.3 Å². The van der Waals surface area contributed by atoms with Crippen LogP contribution < -0.4 is 11.1 Å². The van der Waals surface area contributed by atoms with Crippen LogP contribution in [0.4, 0.5) is 0 Å². The van der Waals surface area contributed by atoms with E-state index in [1.807, 2.05) is 19.0 Å². The van der Waals surface area contributed by atoms with Crippen LogP contribution >= 0.6 is 0 Å². The molecular weight excluding hydrogens is 382 g/mol. The molecule has 0 bridgehead atoms. The van der Waals surface area contributed by atoms with E-state index in [0.717, 1.165) is 6.54 Å². The molecule has 2 rings (SSSR count). The van der Waals surface area contributed by atoms with E-state index in [1.54, 1.807) is 24.3 Å². The van der Waals surface area contributed by atoms with Crippen molar-refractivity contribution in [1.29, 1.82) is 0 Å². The Bertz CT molecular complexity index is 763. The average Bonchev–Trinajstić information content (AvgIpc) is 3.03. The fraction of sp³-hybridized carbons (Fsp3) is 0.609. The number of primary amides is 1. The quantitative estimate of drug-likeness (QED) is 0.606. The molecule has 1 aliphatic rings. The zero-order valence-electron chi connectivity index (χ0n) is 18.7. The zero-order chi connectivity index (χ0) is 22.4. The highest BCUT2D eigenvalue weighted by molar-refractivity contribution is 5.98. The van der Waals surface area contributed by atoms with Gasteiger partial charge in [0, 0.05) is 12.1 Å². The number of nitrogens with two attached hydrogens (primary N) is 1. The van der Waals surface area contributed by atoms with Crippen molar-refractivity contribution in [1.82, 2.24) is 10.2 Å². The first kappa shape index (κ1) is 24.0. The van der Waals surface area contributed by atoms with Crippen molar-refractivity contribution < 1.29 is 19.1 Å². The van der Waals surface area contributed by atoms with Gasteiger partial charge in [-0.1, -0.05) is 39.0 Å². The Morgan fingerprint density at radius 1 is 1.23 bits per heavy atom. The summed E-state index contributed by atoms with van der Waals surface area (Å²) in [4.78, 5) is 39.8. The van der Waals surface area contributed by atoms with Crippen LogP contribution in [-0.4, -0.2) is 61.9 Å². The number of hydrogen-bond acceptors (Lipinski definition) is 5. The fourth-order valence-corrected chi connectivity index (χ4v) is 3.69. The summed E-state index contributed by atoms with van der Waals surface area (Å²) in [6, 6.07) is 6.27. The highest BCUT2D eigenvalue weighted by Crippen LogP contribution is 2.30. The predicted molar refractivity (Wildman–Crippen MR) is 116 cm³/mol. The Balaban J connectivity index is 2.28. The summed E-state index contributed by atoms with van der Waals surface area (Å²) in [5.41, 5.74) is 6.51. The van der Waals surface area contributed by atoms with Gasteiger partial charge in [-0.2, -0.15) is 0 Å². The van der Waals surface area contributed by atoms with Gasteiger partial charge in [0.25, 0.3) is 0 Å². The van der Waals surface area contributed by atoms with Gasteiger partial charge in [0.1, 0.15) is 12.6 Å². The molecule has 0 aliphatic carbocycles. The summed E-state index contributed by atoms with van der Waals surface area (Å²) in [5.74, 6) is -0.924. The highest BCUT2D eigenvalue weighted by Gasteiger charge is 2.38. The third kappa shape index (κ3) is 6.12. The number of rotatable bonds is 10. The van der Waals surface area contributed by atoms with Gasteiger partial charge in [-0.3, -0.25) is 14.4 Å². The van der Waals surface area contributed by atoms with Gasteiger partial charge >= 0.3 is 0 Å². The van der Waals surface area contributed by atoms with E-state index in [0.29, 0.717) is 29.9 Å². The molecule has 30 heavy (non-hydrogen) atoms. The minimum atomic E-state index is -0.671. The Morgan fingerprint density at radius 3 is 2.50 bits per heavy atom. The second-order valence-corrected chi connectivity index (χ2v) is 8.86. The van der Waals surface area contributed by atoms with E-state index in [-0.39, 0.29) is 30.3 Å². The minimum absolute atomic E-state index is 0.00792. The zero-order valence-corrected chi connectivity index (χ0v) is 18.7. The lowest BCUT2D eigenvalue weighted by Gasteiger charge is -2.27. The third-order valence-electron chi connectivity index (χ3n) is 5.98. The first-order valence-electron chi connectivity index (χ1n) is 10.6. The molecule has 0 radical (unpaired) electrons. The summed E-state index contributed by atoms with van der Waals surface area (Å²) in [5, 5.41) is 2.93. The molecule has 1 heterocycles. The third-order valence-corrected chi connectivity index (χ3v) is 5.98. The number of amides is 2. The molecule has 4 atom stereocenters. The number of nitrogens with one attached hydrogen (secondary N) is 1. The second kappa shape index (κ2) is 10.7. The number of carbonyl (C=O) groups excluding carboxylic acids is 3. The number of nitrogens with zero attached hydrogens (tertiary/aromatic N) is 1. The number of ketones is 1. The lowest BCUT2D eigenvalue weighted by Crippen LogP contribution is -2.47. The van der Waals surface area contributed by atoms with Gasteiger partial charge in [-0.05, 0) is 50.4 Å². The number of Topliss-reactive ketones (excluding diaryl/α,β-unsaturated/α-hetero) is 1. The van der Waals surface area contributed by atoms with Crippen LogP contribution in [0.1, 0.15) is 55.5 Å². The molecule has 7 heteroatoms. The van der Waals surface area contributed by atoms with Crippen LogP contribution in [0.3, 0.4) is 0 Å². The molecular formula is C23H35N3O4. The van der Waals surface area contributed by atoms with Crippen LogP contribution in [0, 0.1) is 11.8 Å². The summed E-state index contributed by atoms with van der Waals surface area (Å²) in [7, 11) is 3.91. The Morgan fingerprint density at radius 2 is 1.90 bits per heavy atom. The predicted octanol–water partition coefficient (Wildman–Crippen LogP) is 1.96. The maximum Gasteiger partial charge on any atom is 0.249 e. The maximum absolute atomic E-state index is 13.4. The van der Waals surface area contributed by atoms with Crippen molar-refractivity contribution in [2.75, 3.05) is 27.2 Å². The fourth-order valence-electron chi connectivity index (χ4n) is 3.69. The monoisotopic (exact) mass is 417 g/mol. The van der Waals surface area contributed by atoms with Crippen LogP contribution in [0.5, 0.6) is 0 Å². The minimum Gasteiger partial charge on any atom is -0.368 e. The molecule has 1 saturated heterocycles. The second-order valence-electron chi connectivity index (χ2n) is 8.86. The van der Waals surface area contributed by atoms with E-state index in [2.05, 4.69) is 26.1 Å². The van der Waals surface area contributed by atoms with Gasteiger partial charge in [0.2, 0.25) is 11.8 Å². The number of benzene rings is 1. The number of ether oxygens (including phenoxy) is 1. The molecule has 1 aromatic carbocycles. The molecule has 1 fully saturated rings. The Kier molecular flexibility index (Phi) is 8.55. The van der Waals surface area contributed by atoms with E-state index in [9.17, 15) is 14.4 Å². The van der Waals surface area contributed by atoms with Gasteiger partial charge in [-0.25, -0.2) is 0 Å². The first-order chi connectivity index (χ1) is 14.1. The first-order valence-corrected chi connectivity index (χ1v) is 10.6. The van der Waals surface area contributed by atoms with Crippen molar-refractivity contribution in [3.8, 4) is 0 Å². The van der Waals surface area contributed by atoms with Crippen LogP contribution in [-0.2, 0) is 14.3 Å². The largest absolute Gasteiger partial charge is 0.368 e.